The van der Waals surface area contributed by atoms with Gasteiger partial charge in [0, 0.05) is 5.69 Å². The molecular formula is C27H21F10NO3. The van der Waals surface area contributed by atoms with Crippen LogP contribution in [-0.2, 0) is 6.42 Å². The van der Waals surface area contributed by atoms with Crippen LogP contribution >= 0.6 is 0 Å². The number of alkyl halides is 10. The van der Waals surface area contributed by atoms with Crippen LogP contribution in [0.15, 0.2) is 66.7 Å². The largest absolute Gasteiger partial charge is 0.573 e. The number of ether oxygens (including phenoxy) is 2. The fourth-order valence-corrected chi connectivity index (χ4v) is 4.69. The molecule has 41 heavy (non-hydrogen) atoms. The normalized spacial score (nSPS) is 16.9. The summed E-state index contributed by atoms with van der Waals surface area (Å²) in [6.07, 6.45) is -21.5. The van der Waals surface area contributed by atoms with Crippen molar-refractivity contribution in [3.8, 4) is 22.6 Å². The van der Waals surface area contributed by atoms with Gasteiger partial charge in [-0.15, -0.1) is 13.2 Å². The monoisotopic (exact) mass is 597 g/mol. The number of hydrogen-bond donors (Lipinski definition) is 1. The molecule has 0 radical (unpaired) electrons. The van der Waals surface area contributed by atoms with Gasteiger partial charge >= 0.3 is 25.1 Å². The van der Waals surface area contributed by atoms with Gasteiger partial charge in [-0.25, -0.2) is 0 Å². The molecule has 3 aromatic carbocycles. The Morgan fingerprint density at radius 3 is 2.10 bits per heavy atom. The Bertz CT molecular complexity index is 1360. The summed E-state index contributed by atoms with van der Waals surface area (Å²) in [5.41, 5.74) is 1.49. The van der Waals surface area contributed by atoms with E-state index in [9.17, 15) is 49.0 Å². The number of nitrogens with zero attached hydrogens (tertiary/aromatic N) is 1. The van der Waals surface area contributed by atoms with Crippen molar-refractivity contribution in [1.29, 1.82) is 0 Å². The number of aliphatic hydroxyl groups is 1. The molecule has 0 saturated heterocycles. The third-order valence-corrected chi connectivity index (χ3v) is 6.38. The van der Waals surface area contributed by atoms with Gasteiger partial charge in [0.15, 0.2) is 6.10 Å². The van der Waals surface area contributed by atoms with E-state index in [-0.39, 0.29) is 29.7 Å². The lowest BCUT2D eigenvalue weighted by Gasteiger charge is -2.41. The number of benzene rings is 3. The van der Waals surface area contributed by atoms with Crippen molar-refractivity contribution in [2.75, 3.05) is 11.4 Å². The first kappa shape index (κ1) is 30.3. The van der Waals surface area contributed by atoms with Gasteiger partial charge in [0.05, 0.1) is 12.6 Å². The second-order valence-corrected chi connectivity index (χ2v) is 9.18. The molecule has 0 amide bonds. The molecule has 0 unspecified atom stereocenters. The van der Waals surface area contributed by atoms with Crippen LogP contribution < -0.4 is 14.4 Å². The van der Waals surface area contributed by atoms with Crippen LogP contribution in [0.3, 0.4) is 0 Å². The molecule has 1 aliphatic heterocycles. The minimum absolute atomic E-state index is 0.0715. The molecule has 0 spiro atoms. The van der Waals surface area contributed by atoms with Crippen LogP contribution in [-0.4, -0.2) is 42.8 Å². The van der Waals surface area contributed by atoms with Crippen molar-refractivity contribution in [2.45, 2.75) is 50.1 Å². The van der Waals surface area contributed by atoms with Gasteiger partial charge in [0.25, 0.3) is 0 Å². The maximum atomic E-state index is 13.5. The number of aliphatic hydroxyl groups excluding tert-OH is 1. The van der Waals surface area contributed by atoms with Gasteiger partial charge in [-0.05, 0) is 65.4 Å². The van der Waals surface area contributed by atoms with E-state index in [0.717, 1.165) is 24.3 Å². The van der Waals surface area contributed by atoms with E-state index in [1.807, 2.05) is 0 Å². The Kier molecular flexibility index (Phi) is 8.35. The highest BCUT2D eigenvalue weighted by molar-refractivity contribution is 5.76. The van der Waals surface area contributed by atoms with Gasteiger partial charge < -0.3 is 19.5 Å². The highest BCUT2D eigenvalue weighted by atomic mass is 19.4. The van der Waals surface area contributed by atoms with E-state index in [1.54, 1.807) is 6.07 Å². The first-order valence-electron chi connectivity index (χ1n) is 12.0. The van der Waals surface area contributed by atoms with Crippen molar-refractivity contribution in [3.05, 3.63) is 77.9 Å². The summed E-state index contributed by atoms with van der Waals surface area (Å²) >= 11 is 0. The molecule has 1 aliphatic rings. The Hall–Kier alpha value is -3.68. The number of fused-ring (bicyclic) bond motifs is 1. The number of anilines is 1. The molecule has 3 aromatic rings. The van der Waals surface area contributed by atoms with Crippen molar-refractivity contribution >= 4 is 5.69 Å². The lowest BCUT2D eigenvalue weighted by Crippen LogP contribution is -2.44. The fraction of sp³-hybridized carbons (Fsp3) is 0.333. The quantitative estimate of drug-likeness (QED) is 0.268. The molecule has 14 heteroatoms. The van der Waals surface area contributed by atoms with Crippen LogP contribution in [0, 0.1) is 0 Å². The van der Waals surface area contributed by atoms with E-state index in [2.05, 4.69) is 9.47 Å². The third-order valence-electron chi connectivity index (χ3n) is 6.38. The molecule has 4 nitrogen and oxygen atoms in total. The van der Waals surface area contributed by atoms with Gasteiger partial charge in [0.1, 0.15) is 11.5 Å². The van der Waals surface area contributed by atoms with E-state index in [4.69, 9.17) is 0 Å². The topological polar surface area (TPSA) is 41.9 Å². The Labute approximate surface area is 226 Å². The van der Waals surface area contributed by atoms with Crippen LogP contribution in [0.2, 0.25) is 0 Å². The molecule has 222 valence electrons. The zero-order chi connectivity index (χ0) is 30.2. The fourth-order valence-electron chi connectivity index (χ4n) is 4.69. The molecule has 0 fully saturated rings. The second-order valence-electron chi connectivity index (χ2n) is 9.18. The van der Waals surface area contributed by atoms with Crippen molar-refractivity contribution in [1.82, 2.24) is 0 Å². The summed E-state index contributed by atoms with van der Waals surface area (Å²) in [6.45, 7) is -0.986. The third kappa shape index (κ3) is 7.16. The summed E-state index contributed by atoms with van der Waals surface area (Å²) in [5, 5.41) is 9.93. The summed E-state index contributed by atoms with van der Waals surface area (Å²) < 4.78 is 139. The van der Waals surface area contributed by atoms with Gasteiger partial charge in [-0.3, -0.25) is 0 Å². The van der Waals surface area contributed by atoms with E-state index in [0.29, 0.717) is 11.1 Å². The maximum Gasteiger partial charge on any atom is 0.573 e. The minimum atomic E-state index is -5.02. The van der Waals surface area contributed by atoms with Crippen LogP contribution in [0.1, 0.15) is 23.6 Å². The maximum absolute atomic E-state index is 13.5. The lowest BCUT2D eigenvalue weighted by atomic mass is 9.86. The Balaban J connectivity index is 1.76. The molecule has 2 atom stereocenters. The van der Waals surface area contributed by atoms with Gasteiger partial charge in [-0.2, -0.15) is 30.7 Å². The predicted octanol–water partition coefficient (Wildman–Crippen LogP) is 7.91. The predicted molar refractivity (Wildman–Crippen MR) is 127 cm³/mol. The smallest absolute Gasteiger partial charge is 0.428 e. The average Bonchev–Trinajstić information content (AvgIpc) is 2.87. The summed E-state index contributed by atoms with van der Waals surface area (Å²) in [5.74, 6) is -1.16. The van der Waals surface area contributed by atoms with Crippen molar-refractivity contribution < 1.29 is 58.5 Å². The molecule has 0 aromatic heterocycles. The Morgan fingerprint density at radius 1 is 0.829 bits per heavy atom. The summed E-state index contributed by atoms with van der Waals surface area (Å²) in [4.78, 5) is 1.20. The SMILES string of the molecule is O[C@H](CN1c2cccc(-c3cccc(OC(F)(F)F)c3)c2CC[C@H]1c1cccc(OC(F)(F)C(F)F)c1)C(F)(F)F. The number of rotatable bonds is 8. The van der Waals surface area contributed by atoms with Gasteiger partial charge in [0.2, 0.25) is 0 Å². The Morgan fingerprint density at radius 2 is 1.46 bits per heavy atom. The van der Waals surface area contributed by atoms with Crippen LogP contribution in [0.4, 0.5) is 49.6 Å². The van der Waals surface area contributed by atoms with E-state index in [1.165, 1.54) is 41.3 Å². The molecule has 1 N–H and O–H groups in total. The zero-order valence-electron chi connectivity index (χ0n) is 20.7. The highest BCUT2D eigenvalue weighted by Crippen LogP contribution is 2.44. The van der Waals surface area contributed by atoms with E-state index < -0.39 is 55.3 Å². The molecule has 1 heterocycles. The molecule has 0 saturated carbocycles. The summed E-state index contributed by atoms with van der Waals surface area (Å²) in [7, 11) is 0. The first-order valence-corrected chi connectivity index (χ1v) is 12.0. The molecule has 4 rings (SSSR count). The number of hydrogen-bond acceptors (Lipinski definition) is 4. The standard InChI is InChI=1S/C27H21F10NO3/c28-24(29)26(33,34)40-17-6-2-5-16(13-17)21-11-10-20-19(15-4-1-7-18(12-15)41-27(35,36)37)8-3-9-22(20)38(21)14-23(39)25(30,31)32/h1-9,12-13,21,23-24,39H,10-11,14H2/t21-,23+/m0/s1. The van der Waals surface area contributed by atoms with Crippen molar-refractivity contribution in [3.63, 3.8) is 0 Å². The first-order chi connectivity index (χ1) is 19.0. The number of β-amino-alcohol motifs (C(OH)–C–C–N with tert-alkyl or cyclic N) is 1. The molecule has 0 aliphatic carbocycles. The summed E-state index contributed by atoms with van der Waals surface area (Å²) in [6, 6.07) is 13.1. The zero-order valence-corrected chi connectivity index (χ0v) is 20.7. The highest BCUT2D eigenvalue weighted by Gasteiger charge is 2.45. The number of halogens is 10. The molecular weight excluding hydrogens is 576 g/mol. The van der Waals surface area contributed by atoms with E-state index >= 15 is 0 Å². The van der Waals surface area contributed by atoms with Crippen molar-refractivity contribution in [2.24, 2.45) is 0 Å². The van der Waals surface area contributed by atoms with Crippen LogP contribution in [0.5, 0.6) is 11.5 Å². The van der Waals surface area contributed by atoms with Crippen LogP contribution in [0.25, 0.3) is 11.1 Å². The lowest BCUT2D eigenvalue weighted by molar-refractivity contribution is -0.274. The average molecular weight is 597 g/mol. The minimum Gasteiger partial charge on any atom is -0.428 e. The second kappa shape index (κ2) is 11.3. The van der Waals surface area contributed by atoms with Gasteiger partial charge in [-0.1, -0.05) is 36.4 Å². The molecule has 0 bridgehead atoms.